The van der Waals surface area contributed by atoms with Crippen LogP contribution < -0.4 is 28.3 Å². The summed E-state index contributed by atoms with van der Waals surface area (Å²) < 4.78 is 25.1. The number of nitrogens with one attached hydrogen (secondary N) is 1. The van der Waals surface area contributed by atoms with Crippen LogP contribution in [0, 0.1) is 5.82 Å². The monoisotopic (exact) mass is 583 g/mol. The van der Waals surface area contributed by atoms with Crippen LogP contribution >= 0.6 is 11.6 Å². The maximum Gasteiger partial charge on any atom is 1.00 e. The fourth-order valence-electron chi connectivity index (χ4n) is 5.32. The van der Waals surface area contributed by atoms with Crippen LogP contribution in [0.4, 0.5) is 9.18 Å². The van der Waals surface area contributed by atoms with Crippen LogP contribution in [-0.4, -0.2) is 41.7 Å². The van der Waals surface area contributed by atoms with Crippen LogP contribution in [0.3, 0.4) is 0 Å². The Balaban J connectivity index is 0.00000405. The van der Waals surface area contributed by atoms with Crippen molar-refractivity contribution in [3.63, 3.8) is 0 Å². The minimum atomic E-state index is -0.495. The topological polar surface area (TPSA) is 68.7 Å². The van der Waals surface area contributed by atoms with E-state index in [1.54, 1.807) is 4.90 Å². The number of carbonyl (C=O) groups is 1. The summed E-state index contributed by atoms with van der Waals surface area (Å²) in [6, 6.07) is 19.2. The fourth-order valence-corrected chi connectivity index (χ4v) is 5.49. The van der Waals surface area contributed by atoms with Crippen LogP contribution in [0.25, 0.3) is 16.2 Å². The van der Waals surface area contributed by atoms with E-state index < -0.39 is 12.1 Å². The summed E-state index contributed by atoms with van der Waals surface area (Å²) in [4.78, 5) is 18.7. The second-order valence-corrected chi connectivity index (χ2v) is 11.1. The number of benzene rings is 3. The van der Waals surface area contributed by atoms with E-state index in [4.69, 9.17) is 21.1 Å². The van der Waals surface area contributed by atoms with Gasteiger partial charge >= 0.3 is 25.0 Å². The third kappa shape index (κ3) is 7.90. The van der Waals surface area contributed by atoms with Gasteiger partial charge in [-0.05, 0) is 78.6 Å². The van der Waals surface area contributed by atoms with Gasteiger partial charge in [0.15, 0.2) is 0 Å². The molecule has 0 saturated heterocycles. The average molecular weight is 584 g/mol. The third-order valence-electron chi connectivity index (χ3n) is 7.35. The first-order chi connectivity index (χ1) is 19.9. The number of aromatic amines is 1. The zero-order valence-electron chi connectivity index (χ0n) is 24.5. The molecular weight excluding hydrogens is 548 g/mol. The molecule has 4 aromatic rings. The number of ether oxygens (including phenoxy) is 2. The third-order valence-corrected chi connectivity index (χ3v) is 7.59. The second kappa shape index (κ2) is 15.0. The summed E-state index contributed by atoms with van der Waals surface area (Å²) in [6.07, 6.45) is 4.54. The molecule has 5 rings (SSSR count). The number of nitrogens with zero attached hydrogens (tertiary/aromatic N) is 2. The molecule has 42 heavy (non-hydrogen) atoms. The summed E-state index contributed by atoms with van der Waals surface area (Å²) in [6.45, 7) is 6.27. The SMILES string of the molecule is CC(C)[N-]CCCCCCOc1ccc(C2c3[nH]c4ccc(Cl)cc4c3CCN2C(=O)Oc2ccc(F)cc2)cc1.[Li+]. The molecule has 1 N–H and O–H groups in total. The summed E-state index contributed by atoms with van der Waals surface area (Å²) in [5.41, 5.74) is 3.97. The molecule has 0 fully saturated rings. The van der Waals surface area contributed by atoms with E-state index in [1.165, 1.54) is 24.3 Å². The van der Waals surface area contributed by atoms with Gasteiger partial charge in [0.2, 0.25) is 0 Å². The second-order valence-electron chi connectivity index (χ2n) is 10.7. The molecule has 2 heterocycles. The number of halogens is 2. The molecule has 9 heteroatoms. The van der Waals surface area contributed by atoms with E-state index in [2.05, 4.69) is 24.1 Å². The Bertz CT molecular complexity index is 1460. The van der Waals surface area contributed by atoms with Gasteiger partial charge in [0.25, 0.3) is 0 Å². The predicted molar refractivity (Wildman–Crippen MR) is 162 cm³/mol. The van der Waals surface area contributed by atoms with Crippen molar-refractivity contribution in [2.45, 2.75) is 58.0 Å². The smallest absolute Gasteiger partial charge is 0.660 e. The van der Waals surface area contributed by atoms with Crippen molar-refractivity contribution < 1.29 is 37.5 Å². The van der Waals surface area contributed by atoms with E-state index in [1.807, 2.05) is 42.5 Å². The normalized spacial score (nSPS) is 14.5. The van der Waals surface area contributed by atoms with E-state index in [0.717, 1.165) is 65.7 Å². The number of amides is 1. The minimum Gasteiger partial charge on any atom is -0.660 e. The first-order valence-corrected chi connectivity index (χ1v) is 14.7. The van der Waals surface area contributed by atoms with Crippen LogP contribution in [-0.2, 0) is 6.42 Å². The number of hydrogen-bond donors (Lipinski definition) is 1. The van der Waals surface area contributed by atoms with Crippen molar-refractivity contribution in [3.8, 4) is 11.5 Å². The number of carbonyl (C=O) groups excluding carboxylic acids is 1. The molecule has 0 radical (unpaired) electrons. The zero-order chi connectivity index (χ0) is 28.8. The first-order valence-electron chi connectivity index (χ1n) is 14.3. The van der Waals surface area contributed by atoms with Gasteiger partial charge in [0.1, 0.15) is 23.4 Å². The van der Waals surface area contributed by atoms with Crippen molar-refractivity contribution in [3.05, 3.63) is 99.7 Å². The molecule has 3 aromatic carbocycles. The average Bonchev–Trinajstić information content (AvgIpc) is 3.33. The summed E-state index contributed by atoms with van der Waals surface area (Å²) >= 11 is 6.32. The standard InChI is InChI=1S/C33H36ClFN3O3.Li/c1-22(2)36-18-5-3-4-6-20-40-26-12-7-23(8-13-26)32-31-28(29-21-24(34)9-16-30(29)37-31)17-19-38(32)33(39)41-27-14-10-25(35)11-15-27;/h7-16,21-22,32,37H,3-6,17-20H2,1-2H3;/q-1;+1. The van der Waals surface area contributed by atoms with Crippen LogP contribution in [0.1, 0.15) is 62.4 Å². The quantitative estimate of drug-likeness (QED) is 0.178. The van der Waals surface area contributed by atoms with Gasteiger partial charge in [-0.3, -0.25) is 4.90 Å². The largest absolute Gasteiger partial charge is 1.00 e. The van der Waals surface area contributed by atoms with Crippen molar-refractivity contribution in [2.24, 2.45) is 0 Å². The van der Waals surface area contributed by atoms with Crippen LogP contribution in [0.2, 0.25) is 5.02 Å². The summed E-state index contributed by atoms with van der Waals surface area (Å²) in [5, 5.41) is 6.25. The van der Waals surface area contributed by atoms with Gasteiger partial charge in [-0.25, -0.2) is 9.18 Å². The van der Waals surface area contributed by atoms with E-state index in [-0.39, 0.29) is 24.7 Å². The molecule has 0 bridgehead atoms. The van der Waals surface area contributed by atoms with Crippen molar-refractivity contribution in [1.82, 2.24) is 9.88 Å². The van der Waals surface area contributed by atoms with E-state index >= 15 is 0 Å². The number of H-pyrrole nitrogens is 1. The molecule has 1 aliphatic heterocycles. The Labute approximate surface area is 264 Å². The number of fused-ring (bicyclic) bond motifs is 3. The Hall–Kier alpha value is -2.95. The molecule has 0 spiro atoms. The van der Waals surface area contributed by atoms with Crippen LogP contribution in [0.15, 0.2) is 66.7 Å². The molecular formula is C33H36ClFLiN3O3. The van der Waals surface area contributed by atoms with Gasteiger partial charge in [-0.15, -0.1) is 12.6 Å². The zero-order valence-corrected chi connectivity index (χ0v) is 25.3. The molecule has 1 aromatic heterocycles. The van der Waals surface area contributed by atoms with E-state index in [9.17, 15) is 9.18 Å². The Kier molecular flexibility index (Phi) is 11.4. The Morgan fingerprint density at radius 3 is 2.48 bits per heavy atom. The summed E-state index contributed by atoms with van der Waals surface area (Å²) in [5.74, 6) is 0.702. The number of rotatable bonds is 11. The Morgan fingerprint density at radius 1 is 1.02 bits per heavy atom. The number of hydrogen-bond acceptors (Lipinski definition) is 3. The molecule has 6 nitrogen and oxygen atoms in total. The predicted octanol–water partition coefficient (Wildman–Crippen LogP) is 5.83. The van der Waals surface area contributed by atoms with Crippen molar-refractivity contribution in [2.75, 3.05) is 19.7 Å². The molecule has 0 saturated carbocycles. The molecule has 1 aliphatic rings. The van der Waals surface area contributed by atoms with Crippen molar-refractivity contribution in [1.29, 1.82) is 0 Å². The van der Waals surface area contributed by atoms with Gasteiger partial charge in [0.05, 0.1) is 6.61 Å². The van der Waals surface area contributed by atoms with Crippen LogP contribution in [0.5, 0.6) is 11.5 Å². The molecule has 216 valence electrons. The maximum atomic E-state index is 13.4. The summed E-state index contributed by atoms with van der Waals surface area (Å²) in [7, 11) is 0. The first kappa shape index (κ1) is 32.0. The van der Waals surface area contributed by atoms with Crippen molar-refractivity contribution >= 4 is 28.6 Å². The molecule has 1 amide bonds. The Morgan fingerprint density at radius 2 is 1.74 bits per heavy atom. The maximum absolute atomic E-state index is 13.4. The molecule has 1 unspecified atom stereocenters. The molecule has 1 atom stereocenters. The van der Waals surface area contributed by atoms with Gasteiger partial charge in [-0.2, -0.15) is 0 Å². The fraction of sp³-hybridized carbons (Fsp3) is 0.364. The minimum absolute atomic E-state index is 0. The number of unbranched alkanes of at least 4 members (excludes halogenated alkanes) is 3. The van der Waals surface area contributed by atoms with E-state index in [0.29, 0.717) is 36.4 Å². The van der Waals surface area contributed by atoms with Gasteiger partial charge in [-0.1, -0.05) is 56.8 Å². The van der Waals surface area contributed by atoms with Gasteiger partial charge in [0, 0.05) is 28.2 Å². The van der Waals surface area contributed by atoms with Gasteiger partial charge < -0.3 is 19.8 Å². The molecule has 0 aliphatic carbocycles. The number of aromatic nitrogens is 1.